The number of carbonyl (C=O) groups excluding carboxylic acids is 2. The number of ether oxygens (including phenoxy) is 1. The molecule has 0 saturated carbocycles. The average molecular weight is 348 g/mol. The minimum Gasteiger partial charge on any atom is -0.497 e. The first-order valence-corrected chi connectivity index (χ1v) is 8.36. The summed E-state index contributed by atoms with van der Waals surface area (Å²) in [4.78, 5) is 23.7. The Labute approximate surface area is 144 Å². The number of aromatic nitrogens is 2. The zero-order valence-corrected chi connectivity index (χ0v) is 14.6. The van der Waals surface area contributed by atoms with E-state index in [1.165, 1.54) is 18.3 Å². The van der Waals surface area contributed by atoms with Crippen molar-refractivity contribution in [2.45, 2.75) is 32.7 Å². The summed E-state index contributed by atoms with van der Waals surface area (Å²) in [6.07, 6.45) is 0.876. The minimum absolute atomic E-state index is 0.104. The van der Waals surface area contributed by atoms with E-state index in [1.807, 2.05) is 19.1 Å². The monoisotopic (exact) mass is 348 g/mol. The van der Waals surface area contributed by atoms with Gasteiger partial charge < -0.3 is 15.4 Å². The molecule has 2 rings (SSSR count). The van der Waals surface area contributed by atoms with Gasteiger partial charge in [-0.15, -0.1) is 10.2 Å². The molecule has 24 heavy (non-hydrogen) atoms. The lowest BCUT2D eigenvalue weighted by Gasteiger charge is -2.18. The van der Waals surface area contributed by atoms with E-state index >= 15 is 0 Å². The third-order valence-corrected chi connectivity index (χ3v) is 4.28. The van der Waals surface area contributed by atoms with Crippen LogP contribution in [-0.2, 0) is 16.0 Å². The van der Waals surface area contributed by atoms with Gasteiger partial charge in [0.15, 0.2) is 0 Å². The number of amides is 2. The molecule has 2 aromatic rings. The molecular weight excluding hydrogens is 328 g/mol. The van der Waals surface area contributed by atoms with Crippen LogP contribution in [0.3, 0.4) is 0 Å². The van der Waals surface area contributed by atoms with E-state index in [2.05, 4.69) is 20.8 Å². The van der Waals surface area contributed by atoms with Crippen molar-refractivity contribution < 1.29 is 14.3 Å². The molecule has 0 aliphatic heterocycles. The van der Waals surface area contributed by atoms with E-state index in [0.29, 0.717) is 10.9 Å². The van der Waals surface area contributed by atoms with Crippen molar-refractivity contribution in [3.05, 3.63) is 34.8 Å². The van der Waals surface area contributed by atoms with Gasteiger partial charge in [0, 0.05) is 6.92 Å². The summed E-state index contributed by atoms with van der Waals surface area (Å²) >= 11 is 1.34. The molecule has 0 saturated heterocycles. The van der Waals surface area contributed by atoms with Gasteiger partial charge in [0.25, 0.3) is 0 Å². The highest BCUT2D eigenvalue weighted by Gasteiger charge is 2.18. The maximum Gasteiger partial charge on any atom is 0.228 e. The van der Waals surface area contributed by atoms with E-state index in [9.17, 15) is 9.59 Å². The number of benzene rings is 1. The van der Waals surface area contributed by atoms with Crippen LogP contribution in [0.5, 0.6) is 5.75 Å². The molecule has 0 aliphatic rings. The van der Waals surface area contributed by atoms with Crippen LogP contribution in [0.25, 0.3) is 0 Å². The third kappa shape index (κ3) is 5.02. The first-order chi connectivity index (χ1) is 11.5. The fraction of sp³-hybridized carbons (Fsp3) is 0.375. The van der Waals surface area contributed by atoms with E-state index in [1.54, 1.807) is 19.2 Å². The summed E-state index contributed by atoms with van der Waals surface area (Å²) in [5, 5.41) is 14.7. The van der Waals surface area contributed by atoms with Crippen LogP contribution in [0.4, 0.5) is 5.13 Å². The highest BCUT2D eigenvalue weighted by Crippen LogP contribution is 2.22. The van der Waals surface area contributed by atoms with Crippen molar-refractivity contribution in [2.75, 3.05) is 12.4 Å². The van der Waals surface area contributed by atoms with Gasteiger partial charge in [-0.2, -0.15) is 0 Å². The average Bonchev–Trinajstić information content (AvgIpc) is 3.01. The summed E-state index contributed by atoms with van der Waals surface area (Å²) in [5.74, 6) is 0.280. The number of aryl methyl sites for hydroxylation is 1. The molecule has 0 bridgehead atoms. The van der Waals surface area contributed by atoms with E-state index in [0.717, 1.165) is 17.0 Å². The van der Waals surface area contributed by atoms with Gasteiger partial charge in [0.2, 0.25) is 16.9 Å². The van der Waals surface area contributed by atoms with Crippen LogP contribution in [0.15, 0.2) is 24.3 Å². The molecule has 1 heterocycles. The number of carbonyl (C=O) groups is 2. The van der Waals surface area contributed by atoms with Gasteiger partial charge in [-0.05, 0) is 24.1 Å². The van der Waals surface area contributed by atoms with Gasteiger partial charge in [-0.1, -0.05) is 30.4 Å². The second kappa shape index (κ2) is 8.39. The van der Waals surface area contributed by atoms with Crippen molar-refractivity contribution in [1.29, 1.82) is 0 Å². The van der Waals surface area contributed by atoms with Gasteiger partial charge in [0.05, 0.1) is 19.6 Å². The Balaban J connectivity index is 2.06. The topological polar surface area (TPSA) is 93.2 Å². The van der Waals surface area contributed by atoms with Crippen LogP contribution in [-0.4, -0.2) is 29.1 Å². The number of rotatable bonds is 7. The maximum atomic E-state index is 12.3. The SMILES string of the molecule is CCc1nnc(NC(=O)C[C@H](NC(C)=O)c2ccc(OC)cc2)s1. The molecule has 0 spiro atoms. The Morgan fingerprint density at radius 3 is 2.50 bits per heavy atom. The molecule has 8 heteroatoms. The largest absolute Gasteiger partial charge is 0.497 e. The summed E-state index contributed by atoms with van der Waals surface area (Å²) in [6.45, 7) is 3.40. The van der Waals surface area contributed by atoms with Crippen molar-refractivity contribution in [1.82, 2.24) is 15.5 Å². The first kappa shape index (κ1) is 17.9. The summed E-state index contributed by atoms with van der Waals surface area (Å²) in [6, 6.07) is 6.81. The molecule has 128 valence electrons. The number of nitrogens with zero attached hydrogens (tertiary/aromatic N) is 2. The Hall–Kier alpha value is -2.48. The Kier molecular flexibility index (Phi) is 6.25. The van der Waals surface area contributed by atoms with Crippen molar-refractivity contribution in [3.8, 4) is 5.75 Å². The van der Waals surface area contributed by atoms with Crippen LogP contribution < -0.4 is 15.4 Å². The first-order valence-electron chi connectivity index (χ1n) is 7.55. The zero-order valence-electron chi connectivity index (χ0n) is 13.8. The normalized spacial score (nSPS) is 11.6. The van der Waals surface area contributed by atoms with Crippen molar-refractivity contribution in [3.63, 3.8) is 0 Å². The molecule has 0 radical (unpaired) electrons. The van der Waals surface area contributed by atoms with E-state index in [-0.39, 0.29) is 18.2 Å². The van der Waals surface area contributed by atoms with Gasteiger partial charge in [-0.3, -0.25) is 9.59 Å². The molecular formula is C16H20N4O3S. The van der Waals surface area contributed by atoms with Crippen LogP contribution in [0, 0.1) is 0 Å². The Morgan fingerprint density at radius 2 is 1.96 bits per heavy atom. The second-order valence-corrected chi connectivity index (χ2v) is 6.20. The summed E-state index contributed by atoms with van der Waals surface area (Å²) in [5.41, 5.74) is 0.827. The van der Waals surface area contributed by atoms with Gasteiger partial charge in [-0.25, -0.2) is 0 Å². The second-order valence-electron chi connectivity index (χ2n) is 5.13. The molecule has 0 fully saturated rings. The molecule has 1 aromatic heterocycles. The molecule has 2 N–H and O–H groups in total. The number of hydrogen-bond donors (Lipinski definition) is 2. The number of methoxy groups -OCH3 is 1. The Morgan fingerprint density at radius 1 is 1.25 bits per heavy atom. The zero-order chi connectivity index (χ0) is 17.5. The summed E-state index contributed by atoms with van der Waals surface area (Å²) in [7, 11) is 1.58. The fourth-order valence-electron chi connectivity index (χ4n) is 2.14. The van der Waals surface area contributed by atoms with Crippen LogP contribution in [0.2, 0.25) is 0 Å². The predicted molar refractivity (Wildman–Crippen MR) is 92.1 cm³/mol. The quantitative estimate of drug-likeness (QED) is 0.801. The maximum absolute atomic E-state index is 12.3. The minimum atomic E-state index is -0.424. The summed E-state index contributed by atoms with van der Waals surface area (Å²) < 4.78 is 5.12. The lowest BCUT2D eigenvalue weighted by Crippen LogP contribution is -2.29. The highest BCUT2D eigenvalue weighted by molar-refractivity contribution is 7.15. The van der Waals surface area contributed by atoms with Gasteiger partial charge >= 0.3 is 0 Å². The van der Waals surface area contributed by atoms with E-state index < -0.39 is 6.04 Å². The standard InChI is InChI=1S/C16H20N4O3S/c1-4-15-19-20-16(24-15)18-14(22)9-13(17-10(2)21)11-5-7-12(23-3)8-6-11/h5-8,13H,4,9H2,1-3H3,(H,17,21)(H,18,20,22)/t13-/m0/s1. The van der Waals surface area contributed by atoms with Crippen LogP contribution in [0.1, 0.15) is 36.9 Å². The third-order valence-electron chi connectivity index (χ3n) is 3.30. The number of hydrogen-bond acceptors (Lipinski definition) is 6. The van der Waals surface area contributed by atoms with Crippen molar-refractivity contribution >= 4 is 28.3 Å². The highest BCUT2D eigenvalue weighted by atomic mass is 32.1. The van der Waals surface area contributed by atoms with E-state index in [4.69, 9.17) is 4.74 Å². The van der Waals surface area contributed by atoms with Crippen molar-refractivity contribution in [2.24, 2.45) is 0 Å². The molecule has 0 unspecified atom stereocenters. The number of anilines is 1. The Bertz CT molecular complexity index is 700. The predicted octanol–water partition coefficient (Wildman–Crippen LogP) is 2.32. The van der Waals surface area contributed by atoms with Gasteiger partial charge in [0.1, 0.15) is 10.8 Å². The molecule has 1 aromatic carbocycles. The molecule has 2 amide bonds. The molecule has 1 atom stereocenters. The molecule has 0 aliphatic carbocycles. The van der Waals surface area contributed by atoms with Crippen LogP contribution >= 0.6 is 11.3 Å². The molecule has 7 nitrogen and oxygen atoms in total. The lowest BCUT2D eigenvalue weighted by molar-refractivity contribution is -0.120. The lowest BCUT2D eigenvalue weighted by atomic mass is 10.0. The fourth-order valence-corrected chi connectivity index (χ4v) is 2.83. The number of nitrogens with one attached hydrogen (secondary N) is 2. The smallest absolute Gasteiger partial charge is 0.228 e.